The number of hydrogen-bond donors (Lipinski definition) is 1. The highest BCUT2D eigenvalue weighted by atomic mass is 32.2. The van der Waals surface area contributed by atoms with Crippen molar-refractivity contribution in [1.82, 2.24) is 9.21 Å². The molecule has 0 atom stereocenters. The molecule has 0 saturated carbocycles. The van der Waals surface area contributed by atoms with Crippen molar-refractivity contribution in [3.63, 3.8) is 0 Å². The quantitative estimate of drug-likeness (QED) is 0.742. The third kappa shape index (κ3) is 4.53. The highest BCUT2D eigenvalue weighted by Crippen LogP contribution is 2.32. The van der Waals surface area contributed by atoms with Crippen LogP contribution in [0.3, 0.4) is 0 Å². The van der Waals surface area contributed by atoms with Gasteiger partial charge in [0.1, 0.15) is 5.75 Å². The molecule has 33 heavy (non-hydrogen) atoms. The lowest BCUT2D eigenvalue weighted by atomic mass is 9.88. The second kappa shape index (κ2) is 9.11. The number of phenolic OH excluding ortho intramolecular Hbond substituents is 1. The van der Waals surface area contributed by atoms with Gasteiger partial charge in [0.2, 0.25) is 15.9 Å². The fourth-order valence-corrected chi connectivity index (χ4v) is 7.16. The van der Waals surface area contributed by atoms with E-state index < -0.39 is 10.0 Å². The minimum absolute atomic E-state index is 0.0957. The number of aromatic hydroxyl groups is 1. The van der Waals surface area contributed by atoms with E-state index in [1.807, 2.05) is 29.2 Å². The van der Waals surface area contributed by atoms with E-state index in [0.717, 1.165) is 50.8 Å². The first kappa shape index (κ1) is 22.4. The van der Waals surface area contributed by atoms with Crippen LogP contribution in [-0.4, -0.2) is 54.8 Å². The second-order valence-corrected chi connectivity index (χ2v) is 11.6. The summed E-state index contributed by atoms with van der Waals surface area (Å²) in [4.78, 5) is 15.5. The van der Waals surface area contributed by atoms with E-state index >= 15 is 0 Å². The fraction of sp³-hybridized carbons (Fsp3) is 0.500. The topological polar surface area (TPSA) is 77.9 Å². The molecule has 2 aromatic carbocycles. The van der Waals surface area contributed by atoms with Crippen molar-refractivity contribution in [3.8, 4) is 5.75 Å². The Morgan fingerprint density at radius 1 is 0.848 bits per heavy atom. The van der Waals surface area contributed by atoms with Gasteiger partial charge in [-0.05, 0) is 91.8 Å². The zero-order valence-electron chi connectivity index (χ0n) is 18.9. The van der Waals surface area contributed by atoms with Crippen molar-refractivity contribution in [2.45, 2.75) is 55.8 Å². The summed E-state index contributed by atoms with van der Waals surface area (Å²) in [6.07, 6.45) is 6.10. The zero-order chi connectivity index (χ0) is 23.0. The Labute approximate surface area is 196 Å². The molecular weight excluding hydrogens is 436 g/mol. The van der Waals surface area contributed by atoms with Crippen molar-refractivity contribution < 1.29 is 18.3 Å². The number of likely N-dealkylation sites (tertiary alicyclic amines) is 1. The SMILES string of the molecule is O=C(C1CCN(S(=O)(=O)c2ccc3c(c2)CCC3)CC1)N1CCC(c2ccc(O)cc2)CC1. The molecule has 0 radical (unpaired) electrons. The Hall–Kier alpha value is -2.38. The van der Waals surface area contributed by atoms with Gasteiger partial charge in [-0.2, -0.15) is 4.31 Å². The van der Waals surface area contributed by atoms with Crippen LogP contribution in [0.1, 0.15) is 54.7 Å². The maximum absolute atomic E-state index is 13.2. The molecule has 2 fully saturated rings. The highest BCUT2D eigenvalue weighted by molar-refractivity contribution is 7.89. The number of rotatable bonds is 4. The van der Waals surface area contributed by atoms with Crippen molar-refractivity contribution in [2.75, 3.05) is 26.2 Å². The number of aryl methyl sites for hydroxylation is 2. The molecule has 1 aliphatic carbocycles. The number of carbonyl (C=O) groups excluding carboxylic acids is 1. The summed E-state index contributed by atoms with van der Waals surface area (Å²) in [7, 11) is -3.51. The van der Waals surface area contributed by atoms with E-state index in [4.69, 9.17) is 0 Å². The number of sulfonamides is 1. The predicted octanol–water partition coefficient (Wildman–Crippen LogP) is 3.69. The van der Waals surface area contributed by atoms with E-state index in [1.165, 1.54) is 11.1 Å². The molecule has 1 N–H and O–H groups in total. The van der Waals surface area contributed by atoms with E-state index in [1.54, 1.807) is 22.5 Å². The first-order valence-electron chi connectivity index (χ1n) is 12.1. The number of hydrogen-bond acceptors (Lipinski definition) is 4. The summed E-state index contributed by atoms with van der Waals surface area (Å²) >= 11 is 0. The first-order valence-corrected chi connectivity index (χ1v) is 13.6. The summed E-state index contributed by atoms with van der Waals surface area (Å²) in [5, 5.41) is 9.49. The predicted molar refractivity (Wildman–Crippen MR) is 127 cm³/mol. The van der Waals surface area contributed by atoms with Crippen LogP contribution < -0.4 is 0 Å². The lowest BCUT2D eigenvalue weighted by Crippen LogP contribution is -2.46. The van der Waals surface area contributed by atoms with Gasteiger partial charge < -0.3 is 10.0 Å². The van der Waals surface area contributed by atoms with Crippen molar-refractivity contribution in [2.24, 2.45) is 5.92 Å². The third-order valence-corrected chi connectivity index (χ3v) is 9.58. The number of benzene rings is 2. The second-order valence-electron chi connectivity index (χ2n) is 9.65. The summed E-state index contributed by atoms with van der Waals surface area (Å²) in [5.41, 5.74) is 3.65. The molecule has 1 amide bonds. The van der Waals surface area contributed by atoms with Gasteiger partial charge in [-0.15, -0.1) is 0 Å². The monoisotopic (exact) mass is 468 g/mol. The standard InChI is InChI=1S/C26H32N2O4S/c29-24-7-4-20(5-8-24)21-10-14-27(15-11-21)26(30)22-12-16-28(17-13-22)33(31,32)25-9-6-19-2-1-3-23(19)18-25/h4-9,18,21-22,29H,1-3,10-17H2. The molecule has 2 aromatic rings. The lowest BCUT2D eigenvalue weighted by Gasteiger charge is -2.37. The Morgan fingerprint density at radius 3 is 2.21 bits per heavy atom. The van der Waals surface area contributed by atoms with Crippen molar-refractivity contribution in [1.29, 1.82) is 0 Å². The van der Waals surface area contributed by atoms with Crippen molar-refractivity contribution in [3.05, 3.63) is 59.2 Å². The Morgan fingerprint density at radius 2 is 1.52 bits per heavy atom. The molecule has 2 saturated heterocycles. The molecule has 0 bridgehead atoms. The van der Waals surface area contributed by atoms with Crippen LogP contribution in [-0.2, 0) is 27.7 Å². The number of amides is 1. The van der Waals surface area contributed by atoms with Crippen LogP contribution in [0.25, 0.3) is 0 Å². The van der Waals surface area contributed by atoms with Gasteiger partial charge in [0.05, 0.1) is 4.90 Å². The van der Waals surface area contributed by atoms with Crippen LogP contribution in [0.5, 0.6) is 5.75 Å². The Balaban J connectivity index is 1.16. The van der Waals surface area contributed by atoms with E-state index in [0.29, 0.717) is 36.7 Å². The molecule has 2 aliphatic heterocycles. The number of nitrogens with zero attached hydrogens (tertiary/aromatic N) is 2. The summed E-state index contributed by atoms with van der Waals surface area (Å²) in [6, 6.07) is 12.9. The third-order valence-electron chi connectivity index (χ3n) is 7.68. The van der Waals surface area contributed by atoms with Gasteiger partial charge in [-0.25, -0.2) is 8.42 Å². The molecule has 7 heteroatoms. The summed E-state index contributed by atoms with van der Waals surface area (Å²) < 4.78 is 27.9. The summed E-state index contributed by atoms with van der Waals surface area (Å²) in [6.45, 7) is 2.27. The maximum atomic E-state index is 13.2. The minimum atomic E-state index is -3.51. The van der Waals surface area contributed by atoms with Crippen LogP contribution in [0.15, 0.2) is 47.4 Å². The molecule has 0 spiro atoms. The smallest absolute Gasteiger partial charge is 0.243 e. The molecular formula is C26H32N2O4S. The number of piperidine rings is 2. The van der Waals surface area contributed by atoms with E-state index in [9.17, 15) is 18.3 Å². The van der Waals surface area contributed by atoms with Gasteiger partial charge in [-0.1, -0.05) is 18.2 Å². The van der Waals surface area contributed by atoms with Crippen LogP contribution in [0.4, 0.5) is 0 Å². The summed E-state index contributed by atoms with van der Waals surface area (Å²) in [5.74, 6) is 0.764. The van der Waals surface area contributed by atoms with E-state index in [-0.39, 0.29) is 17.6 Å². The van der Waals surface area contributed by atoms with Gasteiger partial charge in [0.25, 0.3) is 0 Å². The Kier molecular flexibility index (Phi) is 6.18. The minimum Gasteiger partial charge on any atom is -0.508 e. The molecule has 176 valence electrons. The number of phenols is 1. The highest BCUT2D eigenvalue weighted by Gasteiger charge is 2.35. The van der Waals surface area contributed by atoms with Gasteiger partial charge >= 0.3 is 0 Å². The average molecular weight is 469 g/mol. The van der Waals surface area contributed by atoms with Gasteiger partial charge in [0, 0.05) is 32.1 Å². The van der Waals surface area contributed by atoms with Gasteiger partial charge in [-0.3, -0.25) is 4.79 Å². The molecule has 2 heterocycles. The molecule has 0 aromatic heterocycles. The zero-order valence-corrected chi connectivity index (χ0v) is 19.8. The first-order chi connectivity index (χ1) is 15.9. The van der Waals surface area contributed by atoms with Crippen molar-refractivity contribution >= 4 is 15.9 Å². The van der Waals surface area contributed by atoms with Crippen LogP contribution >= 0.6 is 0 Å². The van der Waals surface area contributed by atoms with Gasteiger partial charge in [0.15, 0.2) is 0 Å². The number of fused-ring (bicyclic) bond motifs is 1. The fourth-order valence-electron chi connectivity index (χ4n) is 5.64. The van der Waals surface area contributed by atoms with Crippen LogP contribution in [0, 0.1) is 5.92 Å². The van der Waals surface area contributed by atoms with E-state index in [2.05, 4.69) is 0 Å². The average Bonchev–Trinajstić information content (AvgIpc) is 3.32. The number of carbonyl (C=O) groups is 1. The molecule has 6 nitrogen and oxygen atoms in total. The molecule has 5 rings (SSSR count). The Bertz CT molecular complexity index is 1110. The van der Waals surface area contributed by atoms with Crippen LogP contribution in [0.2, 0.25) is 0 Å². The lowest BCUT2D eigenvalue weighted by molar-refractivity contribution is -0.137. The largest absolute Gasteiger partial charge is 0.508 e. The maximum Gasteiger partial charge on any atom is 0.243 e. The molecule has 3 aliphatic rings. The normalized spacial score (nSPS) is 20.7. The molecule has 0 unspecified atom stereocenters.